The van der Waals surface area contributed by atoms with Gasteiger partial charge in [-0.25, -0.2) is 0 Å². The minimum Gasteiger partial charge on any atom is -0.356 e. The summed E-state index contributed by atoms with van der Waals surface area (Å²) in [4.78, 5) is 18.2. The number of nitrogens with one attached hydrogen (secondary N) is 2. The fourth-order valence-electron chi connectivity index (χ4n) is 3.39. The maximum absolute atomic E-state index is 11.9. The van der Waals surface area contributed by atoms with Gasteiger partial charge in [0.05, 0.1) is 6.54 Å². The SMILES string of the molecule is CCC(CCNC(=NC)NCc1nnc2ccccn12)N1CCCC1=O.I. The van der Waals surface area contributed by atoms with Gasteiger partial charge in [-0.3, -0.25) is 14.2 Å². The van der Waals surface area contributed by atoms with Crippen LogP contribution in [0.3, 0.4) is 0 Å². The molecule has 0 saturated carbocycles. The van der Waals surface area contributed by atoms with Crippen LogP contribution in [0.4, 0.5) is 0 Å². The van der Waals surface area contributed by atoms with E-state index >= 15 is 0 Å². The molecule has 2 aromatic heterocycles. The van der Waals surface area contributed by atoms with Gasteiger partial charge in [0, 0.05) is 38.8 Å². The molecule has 2 N–H and O–H groups in total. The maximum Gasteiger partial charge on any atom is 0.222 e. The number of amides is 1. The summed E-state index contributed by atoms with van der Waals surface area (Å²) in [7, 11) is 1.75. The number of rotatable bonds is 7. The van der Waals surface area contributed by atoms with E-state index in [1.54, 1.807) is 7.05 Å². The number of likely N-dealkylation sites (tertiary alicyclic amines) is 1. The number of carbonyl (C=O) groups excluding carboxylic acids is 1. The number of aromatic nitrogens is 3. The third-order valence-electron chi connectivity index (χ3n) is 4.81. The standard InChI is InChI=1S/C18H27N7O.HI/c1-3-14(24-12-6-8-17(24)26)9-10-20-18(19-2)21-13-16-23-22-15-7-4-5-11-25(15)16;/h4-5,7,11,14H,3,6,8-10,12-13H2,1-2H3,(H2,19,20,21);1H. The summed E-state index contributed by atoms with van der Waals surface area (Å²) in [5.74, 6) is 1.84. The van der Waals surface area contributed by atoms with E-state index < -0.39 is 0 Å². The lowest BCUT2D eigenvalue weighted by Gasteiger charge is -2.27. The van der Waals surface area contributed by atoms with Gasteiger partial charge in [-0.2, -0.15) is 0 Å². The van der Waals surface area contributed by atoms with E-state index in [0.29, 0.717) is 19.0 Å². The predicted octanol–water partition coefficient (Wildman–Crippen LogP) is 1.80. The molecular formula is C18H28IN7O. The van der Waals surface area contributed by atoms with Crippen molar-refractivity contribution in [3.63, 3.8) is 0 Å². The smallest absolute Gasteiger partial charge is 0.222 e. The van der Waals surface area contributed by atoms with Crippen molar-refractivity contribution in [2.24, 2.45) is 4.99 Å². The van der Waals surface area contributed by atoms with Gasteiger partial charge >= 0.3 is 0 Å². The Balaban J connectivity index is 0.00000261. The highest BCUT2D eigenvalue weighted by molar-refractivity contribution is 14.0. The second kappa shape index (κ2) is 10.4. The fraction of sp³-hybridized carbons (Fsp3) is 0.556. The first-order valence-corrected chi connectivity index (χ1v) is 9.25. The lowest BCUT2D eigenvalue weighted by Crippen LogP contribution is -2.41. The van der Waals surface area contributed by atoms with Crippen LogP contribution in [0.15, 0.2) is 29.4 Å². The summed E-state index contributed by atoms with van der Waals surface area (Å²) in [6.07, 6.45) is 5.52. The summed E-state index contributed by atoms with van der Waals surface area (Å²) in [6.45, 7) is 4.33. The Bertz CT molecular complexity index is 776. The molecule has 1 aliphatic rings. The van der Waals surface area contributed by atoms with E-state index in [4.69, 9.17) is 0 Å². The van der Waals surface area contributed by atoms with Crippen LogP contribution in [0.25, 0.3) is 5.65 Å². The predicted molar refractivity (Wildman–Crippen MR) is 116 cm³/mol. The van der Waals surface area contributed by atoms with Crippen LogP contribution in [0.2, 0.25) is 0 Å². The molecule has 1 unspecified atom stereocenters. The van der Waals surface area contributed by atoms with Gasteiger partial charge in [-0.15, -0.1) is 34.2 Å². The van der Waals surface area contributed by atoms with Gasteiger partial charge in [-0.1, -0.05) is 13.0 Å². The van der Waals surface area contributed by atoms with Crippen LogP contribution in [0.5, 0.6) is 0 Å². The summed E-state index contributed by atoms with van der Waals surface area (Å²) in [6, 6.07) is 6.12. The monoisotopic (exact) mass is 485 g/mol. The number of carbonyl (C=O) groups is 1. The lowest BCUT2D eigenvalue weighted by atomic mass is 10.1. The van der Waals surface area contributed by atoms with Crippen LogP contribution in [-0.2, 0) is 11.3 Å². The molecule has 148 valence electrons. The zero-order valence-electron chi connectivity index (χ0n) is 15.9. The molecule has 0 bridgehead atoms. The first kappa shape index (κ1) is 21.4. The molecule has 1 fully saturated rings. The van der Waals surface area contributed by atoms with E-state index in [0.717, 1.165) is 49.8 Å². The third-order valence-corrected chi connectivity index (χ3v) is 4.81. The molecule has 1 atom stereocenters. The second-order valence-corrected chi connectivity index (χ2v) is 6.44. The Morgan fingerprint density at radius 3 is 2.89 bits per heavy atom. The van der Waals surface area contributed by atoms with Crippen LogP contribution < -0.4 is 10.6 Å². The third kappa shape index (κ3) is 5.30. The molecule has 3 rings (SSSR count). The molecule has 27 heavy (non-hydrogen) atoms. The van der Waals surface area contributed by atoms with E-state index in [9.17, 15) is 4.79 Å². The quantitative estimate of drug-likeness (QED) is 0.355. The lowest BCUT2D eigenvalue weighted by molar-refractivity contribution is -0.129. The Morgan fingerprint density at radius 1 is 1.33 bits per heavy atom. The number of guanidine groups is 1. The van der Waals surface area contributed by atoms with Crippen molar-refractivity contribution in [1.29, 1.82) is 0 Å². The number of hydrogen-bond donors (Lipinski definition) is 2. The topological polar surface area (TPSA) is 86.9 Å². The van der Waals surface area contributed by atoms with Gasteiger partial charge in [-0.05, 0) is 31.4 Å². The molecule has 9 heteroatoms. The van der Waals surface area contributed by atoms with E-state index in [2.05, 4.69) is 32.7 Å². The van der Waals surface area contributed by atoms with Crippen molar-refractivity contribution in [2.45, 2.75) is 45.2 Å². The van der Waals surface area contributed by atoms with Crippen molar-refractivity contribution in [3.05, 3.63) is 30.2 Å². The second-order valence-electron chi connectivity index (χ2n) is 6.44. The van der Waals surface area contributed by atoms with E-state index in [1.807, 2.05) is 33.7 Å². The fourth-order valence-corrected chi connectivity index (χ4v) is 3.39. The molecule has 1 saturated heterocycles. The minimum atomic E-state index is 0. The van der Waals surface area contributed by atoms with Gasteiger partial charge < -0.3 is 15.5 Å². The van der Waals surface area contributed by atoms with Gasteiger partial charge in [0.1, 0.15) is 0 Å². The van der Waals surface area contributed by atoms with Gasteiger partial charge in [0.15, 0.2) is 17.4 Å². The van der Waals surface area contributed by atoms with Crippen LogP contribution in [0.1, 0.15) is 38.4 Å². The number of pyridine rings is 1. The molecule has 1 amide bonds. The first-order chi connectivity index (χ1) is 12.7. The Labute approximate surface area is 176 Å². The Morgan fingerprint density at radius 2 is 2.19 bits per heavy atom. The summed E-state index contributed by atoms with van der Waals surface area (Å²) >= 11 is 0. The van der Waals surface area contributed by atoms with E-state index in [1.165, 1.54) is 0 Å². The van der Waals surface area contributed by atoms with Crippen LogP contribution in [-0.4, -0.2) is 57.5 Å². The van der Waals surface area contributed by atoms with Gasteiger partial charge in [0.25, 0.3) is 0 Å². The molecule has 0 radical (unpaired) electrons. The maximum atomic E-state index is 11.9. The zero-order valence-corrected chi connectivity index (χ0v) is 18.2. The van der Waals surface area contributed by atoms with Crippen molar-refractivity contribution in [2.75, 3.05) is 20.1 Å². The Kier molecular flexibility index (Phi) is 8.26. The molecule has 1 aliphatic heterocycles. The van der Waals surface area contributed by atoms with Crippen molar-refractivity contribution >= 4 is 41.5 Å². The average Bonchev–Trinajstić information content (AvgIpc) is 3.28. The average molecular weight is 485 g/mol. The molecule has 3 heterocycles. The number of halogens is 1. The molecular weight excluding hydrogens is 457 g/mol. The van der Waals surface area contributed by atoms with E-state index in [-0.39, 0.29) is 29.9 Å². The molecule has 0 spiro atoms. The normalized spacial score (nSPS) is 15.7. The number of aliphatic imine (C=N–C) groups is 1. The highest BCUT2D eigenvalue weighted by Crippen LogP contribution is 2.17. The Hall–Kier alpha value is -1.91. The number of fused-ring (bicyclic) bond motifs is 1. The van der Waals surface area contributed by atoms with Crippen molar-refractivity contribution < 1.29 is 4.79 Å². The minimum absolute atomic E-state index is 0. The molecule has 0 aliphatic carbocycles. The highest BCUT2D eigenvalue weighted by atomic mass is 127. The van der Waals surface area contributed by atoms with Gasteiger partial charge in [0.2, 0.25) is 5.91 Å². The van der Waals surface area contributed by atoms with Crippen LogP contribution >= 0.6 is 24.0 Å². The summed E-state index contributed by atoms with van der Waals surface area (Å²) in [5.41, 5.74) is 0.827. The molecule has 0 aromatic carbocycles. The highest BCUT2D eigenvalue weighted by Gasteiger charge is 2.26. The van der Waals surface area contributed by atoms with Crippen molar-refractivity contribution in [3.8, 4) is 0 Å². The largest absolute Gasteiger partial charge is 0.356 e. The number of hydrogen-bond acceptors (Lipinski definition) is 4. The first-order valence-electron chi connectivity index (χ1n) is 9.25. The van der Waals surface area contributed by atoms with Crippen LogP contribution in [0, 0.1) is 0 Å². The molecule has 8 nitrogen and oxygen atoms in total. The zero-order chi connectivity index (χ0) is 18.4. The number of nitrogens with zero attached hydrogens (tertiary/aromatic N) is 5. The molecule has 2 aromatic rings. The summed E-state index contributed by atoms with van der Waals surface area (Å²) in [5, 5.41) is 14.9. The summed E-state index contributed by atoms with van der Waals surface area (Å²) < 4.78 is 1.95. The van der Waals surface area contributed by atoms with Crippen molar-refractivity contribution in [1.82, 2.24) is 30.1 Å².